The molecule has 4 rings (SSSR count). The van der Waals surface area contributed by atoms with Crippen molar-refractivity contribution in [3.63, 3.8) is 0 Å². The molecule has 156 valence electrons. The van der Waals surface area contributed by atoms with Gasteiger partial charge in [-0.15, -0.1) is 0 Å². The highest BCUT2D eigenvalue weighted by atomic mass is 16.5. The molecule has 3 aromatic carbocycles. The Hall–Kier alpha value is -3.86. The summed E-state index contributed by atoms with van der Waals surface area (Å²) in [4.78, 5) is 28.5. The van der Waals surface area contributed by atoms with E-state index in [-0.39, 0.29) is 17.5 Å². The average Bonchev–Trinajstić information content (AvgIpc) is 3.00. The number of imide groups is 1. The van der Waals surface area contributed by atoms with Crippen molar-refractivity contribution in [2.24, 2.45) is 0 Å². The van der Waals surface area contributed by atoms with Gasteiger partial charge in [0, 0.05) is 11.3 Å². The Morgan fingerprint density at radius 2 is 1.48 bits per heavy atom. The van der Waals surface area contributed by atoms with Gasteiger partial charge in [-0.2, -0.15) is 0 Å². The Balaban J connectivity index is 1.88. The molecule has 3 aromatic rings. The van der Waals surface area contributed by atoms with E-state index in [0.29, 0.717) is 22.6 Å². The molecule has 0 aromatic heterocycles. The number of para-hydroxylation sites is 1. The number of carbonyl (C=O) groups is 2. The molecule has 1 heterocycles. The maximum Gasteiger partial charge on any atom is 0.282 e. The maximum absolute atomic E-state index is 13.7. The van der Waals surface area contributed by atoms with E-state index in [9.17, 15) is 9.59 Å². The molecule has 0 spiro atoms. The number of ether oxygens (including phenoxy) is 1. The van der Waals surface area contributed by atoms with Crippen molar-refractivity contribution in [3.8, 4) is 5.75 Å². The zero-order chi connectivity index (χ0) is 22.1. The summed E-state index contributed by atoms with van der Waals surface area (Å²) >= 11 is 0. The Morgan fingerprint density at radius 3 is 2.19 bits per heavy atom. The largest absolute Gasteiger partial charge is 0.496 e. The van der Waals surface area contributed by atoms with E-state index in [2.05, 4.69) is 5.32 Å². The molecule has 1 aliphatic heterocycles. The second kappa shape index (κ2) is 8.11. The van der Waals surface area contributed by atoms with Crippen LogP contribution >= 0.6 is 0 Å². The van der Waals surface area contributed by atoms with Crippen LogP contribution in [0, 0.1) is 20.8 Å². The van der Waals surface area contributed by atoms with E-state index < -0.39 is 0 Å². The molecule has 1 aliphatic rings. The van der Waals surface area contributed by atoms with Crippen molar-refractivity contribution in [1.82, 2.24) is 0 Å². The summed E-state index contributed by atoms with van der Waals surface area (Å²) in [6, 6.07) is 20.7. The molecule has 0 fully saturated rings. The smallest absolute Gasteiger partial charge is 0.282 e. The van der Waals surface area contributed by atoms with Crippen LogP contribution in [0.1, 0.15) is 22.3 Å². The molecule has 0 saturated carbocycles. The van der Waals surface area contributed by atoms with E-state index in [1.165, 1.54) is 4.90 Å². The number of hydrogen-bond acceptors (Lipinski definition) is 4. The second-order valence-corrected chi connectivity index (χ2v) is 7.68. The number of nitrogens with one attached hydrogen (secondary N) is 1. The van der Waals surface area contributed by atoms with E-state index >= 15 is 0 Å². The van der Waals surface area contributed by atoms with Crippen molar-refractivity contribution in [2.45, 2.75) is 20.8 Å². The van der Waals surface area contributed by atoms with E-state index in [0.717, 1.165) is 22.4 Å². The molecule has 0 bridgehead atoms. The number of nitrogens with zero attached hydrogens (tertiary/aromatic N) is 1. The fourth-order valence-corrected chi connectivity index (χ4v) is 3.71. The van der Waals surface area contributed by atoms with Crippen LogP contribution in [-0.2, 0) is 9.59 Å². The van der Waals surface area contributed by atoms with Gasteiger partial charge in [0.1, 0.15) is 11.4 Å². The highest BCUT2D eigenvalue weighted by Crippen LogP contribution is 2.38. The van der Waals surface area contributed by atoms with Crippen LogP contribution in [0.2, 0.25) is 0 Å². The van der Waals surface area contributed by atoms with Crippen molar-refractivity contribution < 1.29 is 14.3 Å². The number of anilines is 2. The average molecular weight is 412 g/mol. The molecular weight excluding hydrogens is 388 g/mol. The first-order valence-electron chi connectivity index (χ1n) is 10.1. The summed E-state index contributed by atoms with van der Waals surface area (Å²) in [5.41, 5.74) is 5.35. The fourth-order valence-electron chi connectivity index (χ4n) is 3.71. The zero-order valence-electron chi connectivity index (χ0n) is 18.0. The fraction of sp³-hybridized carbons (Fsp3) is 0.154. The molecule has 2 amide bonds. The molecule has 0 unspecified atom stereocenters. The minimum atomic E-state index is -0.389. The van der Waals surface area contributed by atoms with Gasteiger partial charge in [0.05, 0.1) is 18.4 Å². The standard InChI is InChI=1S/C26H24N2O3/c1-16-10-13-19(14-11-16)27-24-23(20-7-5-6-8-22(20)31-4)25(29)28(26(24)30)21-15-17(2)9-12-18(21)3/h5-15,27H,1-4H3. The van der Waals surface area contributed by atoms with Gasteiger partial charge in [-0.3, -0.25) is 9.59 Å². The lowest BCUT2D eigenvalue weighted by atomic mass is 10.0. The van der Waals surface area contributed by atoms with Gasteiger partial charge in [0.2, 0.25) is 0 Å². The number of amides is 2. The molecule has 31 heavy (non-hydrogen) atoms. The molecule has 0 radical (unpaired) electrons. The summed E-state index contributed by atoms with van der Waals surface area (Å²) < 4.78 is 5.50. The molecule has 5 nitrogen and oxygen atoms in total. The number of aryl methyl sites for hydroxylation is 3. The summed E-state index contributed by atoms with van der Waals surface area (Å²) in [5.74, 6) is -0.234. The SMILES string of the molecule is COc1ccccc1C1=C(Nc2ccc(C)cc2)C(=O)N(c2cc(C)ccc2C)C1=O. The summed E-state index contributed by atoms with van der Waals surface area (Å²) in [7, 11) is 1.55. The van der Waals surface area contributed by atoms with Crippen LogP contribution < -0.4 is 15.0 Å². The molecule has 1 N–H and O–H groups in total. The Bertz CT molecular complexity index is 1210. The summed E-state index contributed by atoms with van der Waals surface area (Å²) in [6.07, 6.45) is 0. The van der Waals surface area contributed by atoms with E-state index in [1.54, 1.807) is 19.2 Å². The minimum absolute atomic E-state index is 0.235. The van der Waals surface area contributed by atoms with Gasteiger partial charge in [-0.05, 0) is 56.2 Å². The Morgan fingerprint density at radius 1 is 0.806 bits per heavy atom. The third kappa shape index (κ3) is 3.70. The highest BCUT2D eigenvalue weighted by Gasteiger charge is 2.41. The highest BCUT2D eigenvalue weighted by molar-refractivity contribution is 6.46. The lowest BCUT2D eigenvalue weighted by molar-refractivity contribution is -0.120. The first-order chi connectivity index (χ1) is 14.9. The van der Waals surface area contributed by atoms with Crippen LogP contribution in [0.4, 0.5) is 11.4 Å². The van der Waals surface area contributed by atoms with E-state index in [4.69, 9.17) is 4.74 Å². The number of hydrogen-bond donors (Lipinski definition) is 1. The number of rotatable bonds is 5. The lowest BCUT2D eigenvalue weighted by Crippen LogP contribution is -2.33. The zero-order valence-corrected chi connectivity index (χ0v) is 18.0. The molecular formula is C26H24N2O3. The number of benzene rings is 3. The topological polar surface area (TPSA) is 58.6 Å². The molecule has 0 aliphatic carbocycles. The third-order valence-corrected chi connectivity index (χ3v) is 5.39. The Labute approximate surface area is 182 Å². The summed E-state index contributed by atoms with van der Waals surface area (Å²) in [5, 5.41) is 3.19. The van der Waals surface area contributed by atoms with Crippen LogP contribution in [0.5, 0.6) is 5.75 Å². The lowest BCUT2D eigenvalue weighted by Gasteiger charge is -2.18. The van der Waals surface area contributed by atoms with Gasteiger partial charge < -0.3 is 10.1 Å². The van der Waals surface area contributed by atoms with E-state index in [1.807, 2.05) is 75.4 Å². The monoisotopic (exact) mass is 412 g/mol. The van der Waals surface area contributed by atoms with Crippen molar-refractivity contribution in [3.05, 3.63) is 94.7 Å². The van der Waals surface area contributed by atoms with Crippen molar-refractivity contribution in [2.75, 3.05) is 17.3 Å². The van der Waals surface area contributed by atoms with Gasteiger partial charge in [0.25, 0.3) is 11.8 Å². The van der Waals surface area contributed by atoms with Gasteiger partial charge >= 0.3 is 0 Å². The molecule has 0 atom stereocenters. The van der Waals surface area contributed by atoms with Crippen molar-refractivity contribution >= 4 is 28.8 Å². The van der Waals surface area contributed by atoms with Crippen LogP contribution in [0.25, 0.3) is 5.57 Å². The van der Waals surface area contributed by atoms with Crippen molar-refractivity contribution in [1.29, 1.82) is 0 Å². The molecule has 5 heteroatoms. The molecule has 0 saturated heterocycles. The third-order valence-electron chi connectivity index (χ3n) is 5.39. The summed E-state index contributed by atoms with van der Waals surface area (Å²) in [6.45, 7) is 5.83. The van der Waals surface area contributed by atoms with Crippen LogP contribution in [-0.4, -0.2) is 18.9 Å². The quantitative estimate of drug-likeness (QED) is 0.598. The number of carbonyl (C=O) groups excluding carboxylic acids is 2. The second-order valence-electron chi connectivity index (χ2n) is 7.68. The predicted molar refractivity (Wildman–Crippen MR) is 123 cm³/mol. The van der Waals surface area contributed by atoms with Gasteiger partial charge in [0.15, 0.2) is 0 Å². The Kier molecular flexibility index (Phi) is 5.34. The first-order valence-corrected chi connectivity index (χ1v) is 10.1. The predicted octanol–water partition coefficient (Wildman–Crippen LogP) is 5.02. The van der Waals surface area contributed by atoms with Gasteiger partial charge in [-0.25, -0.2) is 4.90 Å². The van der Waals surface area contributed by atoms with Gasteiger partial charge in [-0.1, -0.05) is 48.0 Å². The first kappa shape index (κ1) is 20.4. The van der Waals surface area contributed by atoms with Crippen LogP contribution in [0.3, 0.4) is 0 Å². The minimum Gasteiger partial charge on any atom is -0.496 e. The van der Waals surface area contributed by atoms with Crippen LogP contribution in [0.15, 0.2) is 72.4 Å². The maximum atomic E-state index is 13.7. The normalized spacial score (nSPS) is 13.7. The number of methoxy groups -OCH3 is 1.